The Balaban J connectivity index is 2.89. The third kappa shape index (κ3) is 2.05. The molecule has 1 aromatic carbocycles. The molecule has 1 rings (SSSR count). The lowest BCUT2D eigenvalue weighted by Crippen LogP contribution is -1.89. The largest absolute Gasteiger partial charge is 0.289 e. The molecule has 0 saturated carbocycles. The Bertz CT molecular complexity index is 240. The zero-order valence-corrected chi connectivity index (χ0v) is 6.64. The first-order valence-electron chi connectivity index (χ1n) is 3.17. The molecule has 0 bridgehead atoms. The van der Waals surface area contributed by atoms with Crippen molar-refractivity contribution < 1.29 is 4.79 Å². The third-order valence-electron chi connectivity index (χ3n) is 1.38. The fraction of sp³-hybridized carbons (Fsp3) is 0.111. The van der Waals surface area contributed by atoms with Crippen LogP contribution < -0.4 is 0 Å². The molecule has 0 amide bonds. The topological polar surface area (TPSA) is 17.1 Å². The van der Waals surface area contributed by atoms with Crippen LogP contribution in [0.2, 0.25) is 0 Å². The Hall–Kier alpha value is -0.820. The highest BCUT2D eigenvalue weighted by molar-refractivity contribution is 6.27. The average Bonchev–Trinajstić information content (AvgIpc) is 2.05. The van der Waals surface area contributed by atoms with E-state index in [4.69, 9.17) is 11.6 Å². The van der Waals surface area contributed by atoms with E-state index in [1.807, 2.05) is 12.1 Å². The SMILES string of the molecule is [CH2]c1ccc(C(Cl)[C]=O)cc1. The van der Waals surface area contributed by atoms with Crippen molar-refractivity contribution in [3.63, 3.8) is 0 Å². The predicted molar refractivity (Wildman–Crippen MR) is 45.2 cm³/mol. The van der Waals surface area contributed by atoms with Gasteiger partial charge in [0, 0.05) is 0 Å². The monoisotopic (exact) mass is 166 g/mol. The summed E-state index contributed by atoms with van der Waals surface area (Å²) in [4.78, 5) is 10.1. The van der Waals surface area contributed by atoms with Gasteiger partial charge in [-0.15, -0.1) is 11.6 Å². The van der Waals surface area contributed by atoms with Crippen molar-refractivity contribution in [3.05, 3.63) is 42.3 Å². The van der Waals surface area contributed by atoms with Crippen molar-refractivity contribution in [1.82, 2.24) is 0 Å². The van der Waals surface area contributed by atoms with Gasteiger partial charge in [-0.2, -0.15) is 0 Å². The summed E-state index contributed by atoms with van der Waals surface area (Å²) in [7, 11) is 0. The van der Waals surface area contributed by atoms with Crippen LogP contribution in [-0.4, -0.2) is 6.29 Å². The molecule has 2 radical (unpaired) electrons. The molecule has 0 aliphatic rings. The molecule has 2 heteroatoms. The van der Waals surface area contributed by atoms with Crippen LogP contribution in [0.25, 0.3) is 0 Å². The minimum atomic E-state index is -0.657. The smallest absolute Gasteiger partial charge is 0.222 e. The van der Waals surface area contributed by atoms with Crippen LogP contribution in [0.1, 0.15) is 16.5 Å². The van der Waals surface area contributed by atoms with Crippen LogP contribution in [0, 0.1) is 6.92 Å². The fourth-order valence-corrected chi connectivity index (χ4v) is 0.900. The number of carbonyl (C=O) groups excluding carboxylic acids is 1. The van der Waals surface area contributed by atoms with Gasteiger partial charge < -0.3 is 0 Å². The number of hydrogen-bond donors (Lipinski definition) is 0. The molecule has 0 spiro atoms. The molecule has 1 aromatic rings. The third-order valence-corrected chi connectivity index (χ3v) is 1.72. The molecule has 0 saturated heterocycles. The average molecular weight is 167 g/mol. The normalized spacial score (nSPS) is 12.5. The van der Waals surface area contributed by atoms with Gasteiger partial charge in [0.2, 0.25) is 6.29 Å². The molecule has 0 aliphatic carbocycles. The van der Waals surface area contributed by atoms with E-state index in [-0.39, 0.29) is 0 Å². The summed E-state index contributed by atoms with van der Waals surface area (Å²) < 4.78 is 0. The lowest BCUT2D eigenvalue weighted by atomic mass is 10.1. The van der Waals surface area contributed by atoms with E-state index in [9.17, 15) is 4.79 Å². The Labute approximate surface area is 71.0 Å². The van der Waals surface area contributed by atoms with E-state index in [0.29, 0.717) is 0 Å². The van der Waals surface area contributed by atoms with E-state index in [1.54, 1.807) is 18.4 Å². The molecule has 0 N–H and O–H groups in total. The van der Waals surface area contributed by atoms with Gasteiger partial charge in [0.25, 0.3) is 0 Å². The van der Waals surface area contributed by atoms with E-state index in [1.165, 1.54) is 0 Å². The van der Waals surface area contributed by atoms with E-state index >= 15 is 0 Å². The zero-order valence-electron chi connectivity index (χ0n) is 5.88. The standard InChI is InChI=1S/C9H7ClO/c1-7-2-4-8(5-3-7)9(10)6-11/h2-5,9H,1H2. The predicted octanol–water partition coefficient (Wildman–Crippen LogP) is 2.26. The number of rotatable bonds is 2. The highest BCUT2D eigenvalue weighted by Gasteiger charge is 2.04. The van der Waals surface area contributed by atoms with Crippen LogP contribution in [0.3, 0.4) is 0 Å². The molecule has 1 nitrogen and oxygen atoms in total. The van der Waals surface area contributed by atoms with Crippen molar-refractivity contribution in [2.24, 2.45) is 0 Å². The minimum absolute atomic E-state index is 0.657. The van der Waals surface area contributed by atoms with E-state index < -0.39 is 5.38 Å². The molecule has 1 atom stereocenters. The number of benzene rings is 1. The maximum atomic E-state index is 10.1. The van der Waals surface area contributed by atoms with Crippen molar-refractivity contribution in [3.8, 4) is 0 Å². The number of hydrogen-bond acceptors (Lipinski definition) is 1. The van der Waals surface area contributed by atoms with E-state index in [2.05, 4.69) is 6.92 Å². The van der Waals surface area contributed by atoms with Gasteiger partial charge in [-0.05, 0) is 18.1 Å². The summed E-state index contributed by atoms with van der Waals surface area (Å²) in [6.45, 7) is 3.71. The minimum Gasteiger partial charge on any atom is -0.289 e. The molecule has 0 aromatic heterocycles. The van der Waals surface area contributed by atoms with Gasteiger partial charge in [0.15, 0.2) is 0 Å². The Morgan fingerprint density at radius 1 is 1.36 bits per heavy atom. The summed E-state index contributed by atoms with van der Waals surface area (Å²) in [5, 5.41) is -0.657. The molecule has 11 heavy (non-hydrogen) atoms. The molecule has 56 valence electrons. The molecule has 0 heterocycles. The van der Waals surface area contributed by atoms with Crippen molar-refractivity contribution in [1.29, 1.82) is 0 Å². The van der Waals surface area contributed by atoms with Crippen molar-refractivity contribution >= 4 is 17.9 Å². The number of alkyl halides is 1. The molecule has 0 aliphatic heterocycles. The Morgan fingerprint density at radius 3 is 2.36 bits per heavy atom. The summed E-state index contributed by atoms with van der Waals surface area (Å²) >= 11 is 5.60. The quantitative estimate of drug-likeness (QED) is 0.616. The lowest BCUT2D eigenvalue weighted by molar-refractivity contribution is 0.553. The molecular weight excluding hydrogens is 160 g/mol. The fourth-order valence-electron chi connectivity index (χ4n) is 0.755. The summed E-state index contributed by atoms with van der Waals surface area (Å²) in [5.41, 5.74) is 1.66. The first kappa shape index (κ1) is 8.28. The zero-order chi connectivity index (χ0) is 8.27. The van der Waals surface area contributed by atoms with Gasteiger partial charge in [-0.1, -0.05) is 24.3 Å². The van der Waals surface area contributed by atoms with Crippen LogP contribution in [-0.2, 0) is 4.79 Å². The number of halogens is 1. The van der Waals surface area contributed by atoms with E-state index in [0.717, 1.165) is 11.1 Å². The molecule has 1 unspecified atom stereocenters. The van der Waals surface area contributed by atoms with Crippen LogP contribution >= 0.6 is 11.6 Å². The van der Waals surface area contributed by atoms with Crippen LogP contribution in [0.15, 0.2) is 24.3 Å². The highest BCUT2D eigenvalue weighted by Crippen LogP contribution is 2.17. The summed E-state index contributed by atoms with van der Waals surface area (Å²) in [6, 6.07) is 7.15. The second kappa shape index (κ2) is 3.54. The van der Waals surface area contributed by atoms with Gasteiger partial charge in [0.05, 0.1) is 0 Å². The first-order chi connectivity index (χ1) is 5.24. The van der Waals surface area contributed by atoms with Gasteiger partial charge in [-0.3, -0.25) is 4.79 Å². The maximum Gasteiger partial charge on any atom is 0.222 e. The summed E-state index contributed by atoms with van der Waals surface area (Å²) in [5.74, 6) is 0. The molecule has 0 fully saturated rings. The van der Waals surface area contributed by atoms with Gasteiger partial charge >= 0.3 is 0 Å². The van der Waals surface area contributed by atoms with Crippen LogP contribution in [0.4, 0.5) is 0 Å². The van der Waals surface area contributed by atoms with Crippen molar-refractivity contribution in [2.75, 3.05) is 0 Å². The second-order valence-electron chi connectivity index (χ2n) is 2.22. The lowest BCUT2D eigenvalue weighted by Gasteiger charge is -1.99. The molecular formula is C9H7ClO. The van der Waals surface area contributed by atoms with Crippen LogP contribution in [0.5, 0.6) is 0 Å². The van der Waals surface area contributed by atoms with Crippen molar-refractivity contribution in [2.45, 2.75) is 5.38 Å². The Kier molecular flexibility index (Phi) is 2.66. The van der Waals surface area contributed by atoms with Gasteiger partial charge in [-0.25, -0.2) is 0 Å². The maximum absolute atomic E-state index is 10.1. The Morgan fingerprint density at radius 2 is 1.91 bits per heavy atom. The van der Waals surface area contributed by atoms with Gasteiger partial charge in [0.1, 0.15) is 5.38 Å². The highest BCUT2D eigenvalue weighted by atomic mass is 35.5. The first-order valence-corrected chi connectivity index (χ1v) is 3.61. The second-order valence-corrected chi connectivity index (χ2v) is 2.66. The summed E-state index contributed by atoms with van der Waals surface area (Å²) in [6.07, 6.45) is 1.70.